The number of carbonyl (C=O) groups is 2. The first-order valence-corrected chi connectivity index (χ1v) is 11.2. The smallest absolute Gasteiger partial charge is 0.253 e. The summed E-state index contributed by atoms with van der Waals surface area (Å²) in [5, 5.41) is 5.69. The minimum Gasteiger partial charge on any atom is -0.340 e. The zero-order valence-corrected chi connectivity index (χ0v) is 17.6. The molecule has 2 N–H and O–H groups in total. The van der Waals surface area contributed by atoms with Gasteiger partial charge < -0.3 is 10.6 Å². The van der Waals surface area contributed by atoms with Crippen LogP contribution in [0.2, 0.25) is 5.02 Å². The van der Waals surface area contributed by atoms with Crippen molar-refractivity contribution < 1.29 is 18.0 Å². The lowest BCUT2D eigenvalue weighted by molar-refractivity contribution is -0.118. The van der Waals surface area contributed by atoms with Crippen LogP contribution in [-0.2, 0) is 14.6 Å². The molecule has 0 saturated carbocycles. The van der Waals surface area contributed by atoms with Gasteiger partial charge >= 0.3 is 0 Å². The fourth-order valence-electron chi connectivity index (χ4n) is 2.28. The zero-order chi connectivity index (χ0) is 20.0. The Morgan fingerprint density at radius 2 is 1.85 bits per heavy atom. The van der Waals surface area contributed by atoms with Crippen molar-refractivity contribution in [3.8, 4) is 0 Å². The number of halogens is 2. The highest BCUT2D eigenvalue weighted by molar-refractivity contribution is 9.10. The van der Waals surface area contributed by atoms with Crippen molar-refractivity contribution in [2.75, 3.05) is 17.3 Å². The van der Waals surface area contributed by atoms with Crippen LogP contribution >= 0.6 is 27.5 Å². The van der Waals surface area contributed by atoms with Crippen LogP contribution in [0.15, 0.2) is 53.0 Å². The SMILES string of the molecule is CS(=O)(=O)CCC(NC(=O)c1ccccc1Br)C(=O)Nc1cccc(Cl)c1. The molecular formula is C18H18BrClN2O4S. The highest BCUT2D eigenvalue weighted by Gasteiger charge is 2.24. The molecule has 9 heteroatoms. The summed E-state index contributed by atoms with van der Waals surface area (Å²) in [5.41, 5.74) is 0.796. The van der Waals surface area contributed by atoms with Gasteiger partial charge in [-0.25, -0.2) is 8.42 Å². The van der Waals surface area contributed by atoms with Gasteiger partial charge in [0, 0.05) is 21.4 Å². The monoisotopic (exact) mass is 472 g/mol. The molecule has 0 bridgehead atoms. The Bertz CT molecular complexity index is 950. The zero-order valence-electron chi connectivity index (χ0n) is 14.4. The first-order chi connectivity index (χ1) is 12.7. The lowest BCUT2D eigenvalue weighted by Crippen LogP contribution is -2.44. The molecule has 1 atom stereocenters. The van der Waals surface area contributed by atoms with Crippen molar-refractivity contribution in [2.24, 2.45) is 0 Å². The van der Waals surface area contributed by atoms with E-state index in [1.54, 1.807) is 48.5 Å². The molecule has 2 amide bonds. The molecule has 2 rings (SSSR count). The van der Waals surface area contributed by atoms with Crippen LogP contribution in [0.4, 0.5) is 5.69 Å². The predicted molar refractivity (Wildman–Crippen MR) is 110 cm³/mol. The summed E-state index contributed by atoms with van der Waals surface area (Å²) in [4.78, 5) is 25.1. The van der Waals surface area contributed by atoms with E-state index in [0.29, 0.717) is 20.7 Å². The molecule has 0 heterocycles. The summed E-state index contributed by atoms with van der Waals surface area (Å²) in [6.45, 7) is 0. The number of amides is 2. The van der Waals surface area contributed by atoms with Crippen LogP contribution in [0, 0.1) is 0 Å². The molecule has 6 nitrogen and oxygen atoms in total. The van der Waals surface area contributed by atoms with Crippen LogP contribution < -0.4 is 10.6 Å². The number of benzene rings is 2. The maximum absolute atomic E-state index is 12.6. The maximum atomic E-state index is 12.6. The van der Waals surface area contributed by atoms with E-state index < -0.39 is 27.7 Å². The Morgan fingerprint density at radius 3 is 2.48 bits per heavy atom. The van der Waals surface area contributed by atoms with Crippen LogP contribution in [0.25, 0.3) is 0 Å². The molecule has 0 radical (unpaired) electrons. The van der Waals surface area contributed by atoms with Crippen molar-refractivity contribution in [3.63, 3.8) is 0 Å². The molecule has 0 aliphatic heterocycles. The molecule has 2 aromatic carbocycles. The second-order valence-corrected chi connectivity index (χ2v) is 9.47. The van der Waals surface area contributed by atoms with Crippen LogP contribution in [0.5, 0.6) is 0 Å². The quantitative estimate of drug-likeness (QED) is 0.645. The van der Waals surface area contributed by atoms with Gasteiger partial charge in [-0.05, 0) is 52.7 Å². The molecule has 2 aromatic rings. The number of sulfone groups is 1. The standard InChI is InChI=1S/C18H18BrClN2O4S/c1-27(25,26)10-9-16(18(24)21-13-6-4-5-12(20)11-13)22-17(23)14-7-2-3-8-15(14)19/h2-8,11,16H,9-10H2,1H3,(H,21,24)(H,22,23). The number of rotatable bonds is 7. The molecule has 0 fully saturated rings. The molecule has 144 valence electrons. The van der Waals surface area contributed by atoms with Gasteiger partial charge in [0.05, 0.1) is 11.3 Å². The van der Waals surface area contributed by atoms with Crippen molar-refractivity contribution >= 4 is 54.9 Å². The summed E-state index contributed by atoms with van der Waals surface area (Å²) in [7, 11) is -3.30. The average Bonchev–Trinajstić information content (AvgIpc) is 2.58. The van der Waals surface area contributed by atoms with Crippen molar-refractivity contribution in [2.45, 2.75) is 12.5 Å². The molecule has 0 aliphatic rings. The molecule has 0 aromatic heterocycles. The van der Waals surface area contributed by atoms with Gasteiger partial charge in [-0.15, -0.1) is 0 Å². The minimum atomic E-state index is -3.30. The van der Waals surface area contributed by atoms with E-state index in [0.717, 1.165) is 6.26 Å². The van der Waals surface area contributed by atoms with Crippen LogP contribution in [-0.4, -0.2) is 38.3 Å². The average molecular weight is 474 g/mol. The fourth-order valence-corrected chi connectivity index (χ4v) is 3.60. The second kappa shape index (κ2) is 9.34. The topological polar surface area (TPSA) is 92.3 Å². The van der Waals surface area contributed by atoms with E-state index in [-0.39, 0.29) is 12.2 Å². The van der Waals surface area contributed by atoms with Gasteiger partial charge in [-0.1, -0.05) is 29.8 Å². The Balaban J connectivity index is 2.18. The predicted octanol–water partition coefficient (Wildman–Crippen LogP) is 3.27. The van der Waals surface area contributed by atoms with Crippen molar-refractivity contribution in [3.05, 3.63) is 63.6 Å². The van der Waals surface area contributed by atoms with Gasteiger partial charge in [-0.2, -0.15) is 0 Å². The number of hydrogen-bond donors (Lipinski definition) is 2. The van der Waals surface area contributed by atoms with Crippen LogP contribution in [0.3, 0.4) is 0 Å². The third-order valence-corrected chi connectivity index (χ3v) is 5.51. The van der Waals surface area contributed by atoms with E-state index >= 15 is 0 Å². The number of carbonyl (C=O) groups excluding carboxylic acids is 2. The fraction of sp³-hybridized carbons (Fsp3) is 0.222. The van der Waals surface area contributed by atoms with E-state index in [4.69, 9.17) is 11.6 Å². The Labute approximate surface area is 171 Å². The molecule has 0 spiro atoms. The van der Waals surface area contributed by atoms with Gasteiger partial charge in [-0.3, -0.25) is 9.59 Å². The number of anilines is 1. The second-order valence-electron chi connectivity index (χ2n) is 5.92. The normalized spacial score (nSPS) is 12.3. The highest BCUT2D eigenvalue weighted by Crippen LogP contribution is 2.17. The summed E-state index contributed by atoms with van der Waals surface area (Å²) in [5.74, 6) is -1.25. The molecule has 27 heavy (non-hydrogen) atoms. The first kappa shape index (κ1) is 21.4. The molecular weight excluding hydrogens is 456 g/mol. The summed E-state index contributed by atoms with van der Waals surface area (Å²) < 4.78 is 23.6. The number of hydrogen-bond acceptors (Lipinski definition) is 4. The van der Waals surface area contributed by atoms with E-state index in [2.05, 4.69) is 26.6 Å². The third-order valence-electron chi connectivity index (χ3n) is 3.61. The Kier molecular flexibility index (Phi) is 7.41. The molecule has 1 unspecified atom stereocenters. The van der Waals surface area contributed by atoms with Gasteiger partial charge in [0.25, 0.3) is 5.91 Å². The van der Waals surface area contributed by atoms with E-state index in [1.165, 1.54) is 0 Å². The van der Waals surface area contributed by atoms with Crippen molar-refractivity contribution in [1.29, 1.82) is 0 Å². The van der Waals surface area contributed by atoms with E-state index in [1.807, 2.05) is 0 Å². The first-order valence-electron chi connectivity index (χ1n) is 7.95. The lowest BCUT2D eigenvalue weighted by atomic mass is 10.1. The minimum absolute atomic E-state index is 0.0541. The summed E-state index contributed by atoms with van der Waals surface area (Å²) in [6, 6.07) is 12.3. The van der Waals surface area contributed by atoms with Crippen molar-refractivity contribution in [1.82, 2.24) is 5.32 Å². The third kappa shape index (κ3) is 6.97. The Hall–Kier alpha value is -1.90. The van der Waals surface area contributed by atoms with Crippen LogP contribution in [0.1, 0.15) is 16.8 Å². The Morgan fingerprint density at radius 1 is 1.15 bits per heavy atom. The lowest BCUT2D eigenvalue weighted by Gasteiger charge is -2.19. The summed E-state index contributed by atoms with van der Waals surface area (Å²) in [6.07, 6.45) is 1.02. The van der Waals surface area contributed by atoms with Gasteiger partial charge in [0.1, 0.15) is 15.9 Å². The molecule has 0 aliphatic carbocycles. The largest absolute Gasteiger partial charge is 0.340 e. The number of nitrogens with one attached hydrogen (secondary N) is 2. The summed E-state index contributed by atoms with van der Waals surface area (Å²) >= 11 is 9.19. The van der Waals surface area contributed by atoms with E-state index in [9.17, 15) is 18.0 Å². The highest BCUT2D eigenvalue weighted by atomic mass is 79.9. The van der Waals surface area contributed by atoms with Gasteiger partial charge in [0.15, 0.2) is 0 Å². The molecule has 0 saturated heterocycles. The maximum Gasteiger partial charge on any atom is 0.253 e. The van der Waals surface area contributed by atoms with Gasteiger partial charge in [0.2, 0.25) is 5.91 Å².